The van der Waals surface area contributed by atoms with E-state index in [1.807, 2.05) is 72.8 Å². The van der Waals surface area contributed by atoms with E-state index in [1.54, 1.807) is 12.1 Å². The van der Waals surface area contributed by atoms with E-state index in [0.717, 1.165) is 22.4 Å². The van der Waals surface area contributed by atoms with Crippen LogP contribution in [0.2, 0.25) is 0 Å². The molecule has 154 valence electrons. The fourth-order valence-corrected chi connectivity index (χ4v) is 5.04. The molecule has 0 aliphatic carbocycles. The smallest absolute Gasteiger partial charge is 0.270 e. The first kappa shape index (κ1) is 19.1. The quantitative estimate of drug-likeness (QED) is 0.420. The van der Waals surface area contributed by atoms with E-state index in [0.29, 0.717) is 16.3 Å². The van der Waals surface area contributed by atoms with Crippen molar-refractivity contribution in [2.45, 2.75) is 10.9 Å². The maximum absolute atomic E-state index is 13.1. The van der Waals surface area contributed by atoms with Gasteiger partial charge in [-0.25, -0.2) is 4.21 Å². The number of anilines is 1. The van der Waals surface area contributed by atoms with Crippen LogP contribution in [0.25, 0.3) is 11.3 Å². The fraction of sp³-hybridized carbons (Fsp3) is 0.0417. The first-order chi connectivity index (χ1) is 15.0. The van der Waals surface area contributed by atoms with Crippen molar-refractivity contribution in [1.29, 1.82) is 0 Å². The number of fused-ring (bicyclic) bond motifs is 1. The van der Waals surface area contributed by atoms with Crippen molar-refractivity contribution in [3.8, 4) is 11.3 Å². The molecule has 4 aromatic rings. The minimum absolute atomic E-state index is 0.196. The number of benzene rings is 3. The molecule has 31 heavy (non-hydrogen) atoms. The van der Waals surface area contributed by atoms with Crippen LogP contribution in [0.3, 0.4) is 0 Å². The fourth-order valence-electron chi connectivity index (χ4n) is 3.82. The second kappa shape index (κ2) is 7.45. The summed E-state index contributed by atoms with van der Waals surface area (Å²) in [6.07, 6.45) is 0. The predicted octanol–water partition coefficient (Wildman–Crippen LogP) is 4.01. The summed E-state index contributed by atoms with van der Waals surface area (Å²) in [6.45, 7) is 0. The third-order valence-corrected chi connectivity index (χ3v) is 6.87. The van der Waals surface area contributed by atoms with Gasteiger partial charge in [0.1, 0.15) is 5.69 Å². The lowest BCUT2D eigenvalue weighted by Crippen LogP contribution is -2.21. The highest BCUT2D eigenvalue weighted by Gasteiger charge is 2.35. The van der Waals surface area contributed by atoms with E-state index in [-0.39, 0.29) is 11.9 Å². The molecule has 0 spiro atoms. The summed E-state index contributed by atoms with van der Waals surface area (Å²) in [6, 6.07) is 26.0. The van der Waals surface area contributed by atoms with Gasteiger partial charge in [0.25, 0.3) is 5.91 Å². The molecule has 2 heterocycles. The molecule has 2 unspecified atom stereocenters. The van der Waals surface area contributed by atoms with Crippen LogP contribution in [0.5, 0.6) is 0 Å². The van der Waals surface area contributed by atoms with Crippen molar-refractivity contribution in [3.05, 3.63) is 102 Å². The second-order valence-corrected chi connectivity index (χ2v) is 9.38. The maximum atomic E-state index is 13.1. The zero-order valence-electron chi connectivity index (χ0n) is 16.5. The lowest BCUT2D eigenvalue weighted by molar-refractivity contribution is 0.0955. The highest BCUT2D eigenvalue weighted by atomic mass is 32.2. The number of nitrogens with zero attached hydrogens (tertiary/aromatic N) is 1. The predicted molar refractivity (Wildman–Crippen MR) is 123 cm³/mol. The molecule has 7 heteroatoms. The standard InChI is InChI=1S/C24H20N4O2S/c1-31(30,19-13-6-3-7-14-19)28-18-12-8-11-17(15-18)21-20-22(16-9-4-2-5-10-16)26-27-23(20)24(29)25-21/h2-15,21H,1H2,(H,25,29)(H,26,27)(H,28,30). The largest absolute Gasteiger partial charge is 0.340 e. The van der Waals surface area contributed by atoms with Crippen LogP contribution in [0.15, 0.2) is 89.8 Å². The number of hydrogen-bond donors (Lipinski definition) is 3. The number of aromatic nitrogens is 2. The van der Waals surface area contributed by atoms with Gasteiger partial charge in [0.05, 0.1) is 21.4 Å². The molecule has 1 amide bonds. The summed E-state index contributed by atoms with van der Waals surface area (Å²) in [5.41, 5.74) is 4.47. The molecule has 2 atom stereocenters. The van der Waals surface area contributed by atoms with Gasteiger partial charge < -0.3 is 10.0 Å². The Bertz CT molecular complexity index is 1360. The average molecular weight is 429 g/mol. The zero-order valence-corrected chi connectivity index (χ0v) is 17.4. The van der Waals surface area contributed by atoms with Gasteiger partial charge in [0, 0.05) is 21.7 Å². The lowest BCUT2D eigenvalue weighted by atomic mass is 9.96. The van der Waals surface area contributed by atoms with Crippen LogP contribution in [-0.4, -0.2) is 26.2 Å². The molecule has 3 aromatic carbocycles. The molecule has 5 rings (SSSR count). The molecule has 1 aromatic heterocycles. The molecule has 0 radical (unpaired) electrons. The minimum atomic E-state index is -2.72. The zero-order chi connectivity index (χ0) is 21.4. The number of carbonyl (C=O) groups is 1. The number of H-pyrrole nitrogens is 1. The van der Waals surface area contributed by atoms with Crippen LogP contribution in [-0.2, 0) is 9.71 Å². The Morgan fingerprint density at radius 3 is 2.39 bits per heavy atom. The third-order valence-electron chi connectivity index (χ3n) is 5.27. The number of aromatic amines is 1. The molecular formula is C24H20N4O2S. The van der Waals surface area contributed by atoms with Crippen LogP contribution >= 0.6 is 0 Å². The second-order valence-electron chi connectivity index (χ2n) is 7.35. The van der Waals surface area contributed by atoms with E-state index in [9.17, 15) is 9.00 Å². The highest BCUT2D eigenvalue weighted by molar-refractivity contribution is 8.01. The SMILES string of the molecule is C=S(=O)(Nc1cccc(C2NC(=O)c3[nH]nc(-c4ccccc4)c32)c1)c1ccccc1. The van der Waals surface area contributed by atoms with E-state index < -0.39 is 9.71 Å². The van der Waals surface area contributed by atoms with E-state index >= 15 is 0 Å². The van der Waals surface area contributed by atoms with Gasteiger partial charge in [-0.2, -0.15) is 5.10 Å². The van der Waals surface area contributed by atoms with Crippen molar-refractivity contribution in [2.24, 2.45) is 0 Å². The van der Waals surface area contributed by atoms with Gasteiger partial charge in [0.2, 0.25) is 0 Å². The highest BCUT2D eigenvalue weighted by Crippen LogP contribution is 2.37. The van der Waals surface area contributed by atoms with Crippen LogP contribution in [0.4, 0.5) is 5.69 Å². The summed E-state index contributed by atoms with van der Waals surface area (Å²) in [7, 11) is -2.72. The molecule has 6 nitrogen and oxygen atoms in total. The summed E-state index contributed by atoms with van der Waals surface area (Å²) in [4.78, 5) is 13.2. The number of hydrogen-bond acceptors (Lipinski definition) is 3. The summed E-state index contributed by atoms with van der Waals surface area (Å²) < 4.78 is 16.2. The molecular weight excluding hydrogens is 408 g/mol. The molecule has 1 aliphatic heterocycles. The average Bonchev–Trinajstić information content (AvgIpc) is 3.36. The van der Waals surface area contributed by atoms with Gasteiger partial charge >= 0.3 is 0 Å². The van der Waals surface area contributed by atoms with Crippen molar-refractivity contribution < 1.29 is 9.00 Å². The lowest BCUT2D eigenvalue weighted by Gasteiger charge is -2.17. The monoisotopic (exact) mass is 428 g/mol. The Kier molecular flexibility index (Phi) is 4.60. The van der Waals surface area contributed by atoms with Crippen molar-refractivity contribution in [2.75, 3.05) is 4.72 Å². The van der Waals surface area contributed by atoms with Gasteiger partial charge in [-0.1, -0.05) is 60.7 Å². The topological polar surface area (TPSA) is 86.9 Å². The third kappa shape index (κ3) is 3.49. The minimum Gasteiger partial charge on any atom is -0.340 e. The Labute approximate surface area is 180 Å². The Morgan fingerprint density at radius 1 is 0.935 bits per heavy atom. The Morgan fingerprint density at radius 2 is 1.65 bits per heavy atom. The normalized spacial score (nSPS) is 16.9. The molecule has 0 saturated heterocycles. The van der Waals surface area contributed by atoms with Crippen LogP contribution < -0.4 is 10.0 Å². The van der Waals surface area contributed by atoms with Gasteiger partial charge in [0.15, 0.2) is 0 Å². The molecule has 3 N–H and O–H groups in total. The Hall–Kier alpha value is -3.84. The van der Waals surface area contributed by atoms with E-state index in [1.165, 1.54) is 0 Å². The van der Waals surface area contributed by atoms with Gasteiger partial charge in [-0.3, -0.25) is 9.89 Å². The number of amides is 1. The van der Waals surface area contributed by atoms with E-state index in [4.69, 9.17) is 0 Å². The first-order valence-electron chi connectivity index (χ1n) is 9.77. The molecule has 1 aliphatic rings. The van der Waals surface area contributed by atoms with Crippen LogP contribution in [0.1, 0.15) is 27.7 Å². The summed E-state index contributed by atoms with van der Waals surface area (Å²) in [5, 5.41) is 10.3. The summed E-state index contributed by atoms with van der Waals surface area (Å²) in [5.74, 6) is 3.69. The van der Waals surface area contributed by atoms with Gasteiger partial charge in [-0.15, -0.1) is 0 Å². The maximum Gasteiger partial charge on any atom is 0.270 e. The Balaban J connectivity index is 1.51. The van der Waals surface area contributed by atoms with Crippen molar-refractivity contribution in [3.63, 3.8) is 0 Å². The van der Waals surface area contributed by atoms with Crippen LogP contribution in [0, 0.1) is 0 Å². The van der Waals surface area contributed by atoms with Crippen molar-refractivity contribution >= 4 is 27.2 Å². The summed E-state index contributed by atoms with van der Waals surface area (Å²) >= 11 is 0. The van der Waals surface area contributed by atoms with Gasteiger partial charge in [-0.05, 0) is 35.7 Å². The molecule has 0 bridgehead atoms. The first-order valence-corrected chi connectivity index (χ1v) is 11.5. The molecule has 0 fully saturated rings. The number of nitrogens with one attached hydrogen (secondary N) is 3. The molecule has 0 saturated carbocycles. The van der Waals surface area contributed by atoms with E-state index in [2.05, 4.69) is 26.1 Å². The number of carbonyl (C=O) groups excluding carboxylic acids is 1. The van der Waals surface area contributed by atoms with Crippen molar-refractivity contribution in [1.82, 2.24) is 15.5 Å². The number of rotatable bonds is 5.